The Bertz CT molecular complexity index is 1400. The van der Waals surface area contributed by atoms with Gasteiger partial charge in [-0.05, 0) is 43.2 Å². The first-order valence-corrected chi connectivity index (χ1v) is 12.4. The lowest BCUT2D eigenvalue weighted by atomic mass is 9.94. The topological polar surface area (TPSA) is 84.7 Å². The Morgan fingerprint density at radius 1 is 1.11 bits per heavy atom. The molecule has 35 heavy (non-hydrogen) atoms. The quantitative estimate of drug-likeness (QED) is 0.321. The highest BCUT2D eigenvalue weighted by molar-refractivity contribution is 7.98. The maximum Gasteiger partial charge on any atom is 0.255 e. The average molecular weight is 503 g/mol. The first-order chi connectivity index (χ1) is 17.0. The molecule has 1 aliphatic heterocycles. The molecular weight excluding hydrogens is 480 g/mol. The maximum atomic E-state index is 13.5. The number of carbonyl (C=O) groups is 1. The molecule has 176 valence electrons. The second-order valence-electron chi connectivity index (χ2n) is 8.22. The average Bonchev–Trinajstić information content (AvgIpc) is 3.26. The van der Waals surface area contributed by atoms with E-state index in [9.17, 15) is 4.79 Å². The van der Waals surface area contributed by atoms with E-state index in [-0.39, 0.29) is 5.91 Å². The van der Waals surface area contributed by atoms with Gasteiger partial charge in [0.2, 0.25) is 11.1 Å². The highest BCUT2D eigenvalue weighted by Crippen LogP contribution is 2.37. The zero-order chi connectivity index (χ0) is 24.4. The number of hydrogen-bond donors (Lipinski definition) is 2. The third-order valence-corrected chi connectivity index (χ3v) is 6.96. The number of pyridine rings is 1. The van der Waals surface area contributed by atoms with E-state index in [2.05, 4.69) is 15.6 Å². The molecule has 2 aromatic heterocycles. The summed E-state index contributed by atoms with van der Waals surface area (Å²) in [6.45, 7) is 3.92. The van der Waals surface area contributed by atoms with Crippen LogP contribution in [0.4, 0.5) is 11.6 Å². The van der Waals surface area contributed by atoms with Crippen LogP contribution in [0.25, 0.3) is 0 Å². The molecule has 1 aliphatic rings. The van der Waals surface area contributed by atoms with E-state index in [0.717, 1.165) is 22.4 Å². The van der Waals surface area contributed by atoms with Crippen molar-refractivity contribution in [1.82, 2.24) is 19.7 Å². The fourth-order valence-corrected chi connectivity index (χ4v) is 5.05. The first kappa shape index (κ1) is 23.1. The Labute approximate surface area is 212 Å². The summed E-state index contributed by atoms with van der Waals surface area (Å²) in [5.74, 6) is 1.01. The standard InChI is InChI=1S/C26H23ClN6OS/c1-16-9-11-18(12-10-16)23-22(24(34)30-20-7-5-13-28-14-20)17(2)29-25-31-26(32-33(23)25)35-15-19-6-3-4-8-21(19)27/h3-14,23H,15H2,1-2H3,(H,30,34)(H,29,31,32)/t23-/m0/s1. The van der Waals surface area contributed by atoms with Gasteiger partial charge in [0.05, 0.1) is 17.5 Å². The summed E-state index contributed by atoms with van der Waals surface area (Å²) < 4.78 is 1.78. The number of anilines is 2. The number of benzene rings is 2. The number of carbonyl (C=O) groups excluding carboxylic acids is 1. The number of aryl methyl sites for hydroxylation is 1. The smallest absolute Gasteiger partial charge is 0.255 e. The SMILES string of the molecule is CC1=C(C(=O)Nc2cccnc2)[C@H](c2ccc(C)cc2)n2nc(SCc3ccccc3Cl)nc2N1. The van der Waals surface area contributed by atoms with E-state index >= 15 is 0 Å². The Hall–Kier alpha value is -3.62. The molecule has 0 fully saturated rings. The number of halogens is 1. The van der Waals surface area contributed by atoms with E-state index in [0.29, 0.717) is 33.1 Å². The van der Waals surface area contributed by atoms with Crippen LogP contribution in [0.3, 0.4) is 0 Å². The molecule has 0 aliphatic carbocycles. The molecule has 1 atom stereocenters. The van der Waals surface area contributed by atoms with Crippen molar-refractivity contribution < 1.29 is 4.79 Å². The number of rotatable bonds is 6. The Kier molecular flexibility index (Phi) is 6.57. The van der Waals surface area contributed by atoms with Gasteiger partial charge in [-0.25, -0.2) is 4.68 Å². The minimum absolute atomic E-state index is 0.222. The summed E-state index contributed by atoms with van der Waals surface area (Å²) >= 11 is 7.82. The van der Waals surface area contributed by atoms with E-state index < -0.39 is 6.04 Å². The molecule has 0 bridgehead atoms. The van der Waals surface area contributed by atoms with Crippen molar-refractivity contribution in [3.63, 3.8) is 0 Å². The molecule has 3 heterocycles. The van der Waals surface area contributed by atoms with Gasteiger partial charge in [-0.3, -0.25) is 9.78 Å². The van der Waals surface area contributed by atoms with Crippen molar-refractivity contribution in [1.29, 1.82) is 0 Å². The highest BCUT2D eigenvalue weighted by Gasteiger charge is 2.34. The minimum atomic E-state index is -0.439. The molecule has 5 rings (SSSR count). The molecule has 0 radical (unpaired) electrons. The molecule has 9 heteroatoms. The summed E-state index contributed by atoms with van der Waals surface area (Å²) in [7, 11) is 0. The maximum absolute atomic E-state index is 13.5. The van der Waals surface area contributed by atoms with Crippen LogP contribution in [0, 0.1) is 6.92 Å². The largest absolute Gasteiger partial charge is 0.328 e. The predicted octanol–water partition coefficient (Wildman–Crippen LogP) is 5.85. The molecule has 0 saturated carbocycles. The highest BCUT2D eigenvalue weighted by atomic mass is 35.5. The Balaban J connectivity index is 1.49. The summed E-state index contributed by atoms with van der Waals surface area (Å²) in [5, 5.41) is 12.3. The minimum Gasteiger partial charge on any atom is -0.328 e. The molecule has 4 aromatic rings. The van der Waals surface area contributed by atoms with E-state index in [1.54, 1.807) is 23.1 Å². The summed E-state index contributed by atoms with van der Waals surface area (Å²) in [5.41, 5.74) is 5.01. The number of allylic oxidation sites excluding steroid dienone is 1. The molecule has 0 unspecified atom stereocenters. The van der Waals surface area contributed by atoms with Gasteiger partial charge < -0.3 is 10.6 Å². The van der Waals surface area contributed by atoms with Crippen LogP contribution in [0.5, 0.6) is 0 Å². The van der Waals surface area contributed by atoms with Gasteiger partial charge in [0.1, 0.15) is 6.04 Å². The lowest BCUT2D eigenvalue weighted by molar-refractivity contribution is -0.113. The van der Waals surface area contributed by atoms with Crippen LogP contribution in [0.1, 0.15) is 29.7 Å². The third-order valence-electron chi connectivity index (χ3n) is 5.70. The summed E-state index contributed by atoms with van der Waals surface area (Å²) in [6, 6.07) is 19.0. The number of hydrogen-bond acceptors (Lipinski definition) is 6. The Morgan fingerprint density at radius 2 is 1.91 bits per heavy atom. The van der Waals surface area contributed by atoms with Crippen LogP contribution in [0.2, 0.25) is 5.02 Å². The molecule has 1 amide bonds. The van der Waals surface area contributed by atoms with Crippen molar-refractivity contribution in [3.8, 4) is 0 Å². The summed E-state index contributed by atoms with van der Waals surface area (Å²) in [4.78, 5) is 22.3. The van der Waals surface area contributed by atoms with Crippen molar-refractivity contribution in [3.05, 3.63) is 106 Å². The first-order valence-electron chi connectivity index (χ1n) is 11.1. The van der Waals surface area contributed by atoms with Crippen LogP contribution in [0.15, 0.2) is 89.5 Å². The van der Waals surface area contributed by atoms with Crippen LogP contribution >= 0.6 is 23.4 Å². The second kappa shape index (κ2) is 9.93. The van der Waals surface area contributed by atoms with Crippen molar-refractivity contribution >= 4 is 40.9 Å². The van der Waals surface area contributed by atoms with Crippen LogP contribution in [-0.4, -0.2) is 25.7 Å². The van der Waals surface area contributed by atoms with E-state index in [4.69, 9.17) is 21.7 Å². The number of amides is 1. The monoisotopic (exact) mass is 502 g/mol. The lowest BCUT2D eigenvalue weighted by Gasteiger charge is -2.28. The number of nitrogens with one attached hydrogen (secondary N) is 2. The van der Waals surface area contributed by atoms with Gasteiger partial charge in [-0.1, -0.05) is 71.4 Å². The van der Waals surface area contributed by atoms with E-state index in [1.165, 1.54) is 11.8 Å². The zero-order valence-corrected chi connectivity index (χ0v) is 20.8. The van der Waals surface area contributed by atoms with Gasteiger partial charge >= 0.3 is 0 Å². The van der Waals surface area contributed by atoms with Crippen LogP contribution < -0.4 is 10.6 Å². The number of fused-ring (bicyclic) bond motifs is 1. The molecule has 2 aromatic carbocycles. The molecule has 2 N–H and O–H groups in total. The van der Waals surface area contributed by atoms with Crippen molar-refractivity contribution in [2.75, 3.05) is 10.6 Å². The molecule has 0 spiro atoms. The van der Waals surface area contributed by atoms with Gasteiger partial charge in [0.25, 0.3) is 5.91 Å². The fraction of sp³-hybridized carbons (Fsp3) is 0.154. The van der Waals surface area contributed by atoms with E-state index in [1.807, 2.05) is 68.4 Å². The predicted molar refractivity (Wildman–Crippen MR) is 140 cm³/mol. The van der Waals surface area contributed by atoms with Crippen molar-refractivity contribution in [2.24, 2.45) is 0 Å². The molecule has 0 saturated heterocycles. The zero-order valence-electron chi connectivity index (χ0n) is 19.2. The molecular formula is C26H23ClN6OS. The second-order valence-corrected chi connectivity index (χ2v) is 9.57. The van der Waals surface area contributed by atoms with Crippen molar-refractivity contribution in [2.45, 2.75) is 30.8 Å². The van der Waals surface area contributed by atoms with Crippen LogP contribution in [-0.2, 0) is 10.5 Å². The fourth-order valence-electron chi connectivity index (χ4n) is 3.94. The number of aromatic nitrogens is 4. The van der Waals surface area contributed by atoms with Gasteiger partial charge in [0.15, 0.2) is 0 Å². The normalized spacial score (nSPS) is 14.9. The van der Waals surface area contributed by atoms with Gasteiger partial charge in [-0.2, -0.15) is 4.98 Å². The Morgan fingerprint density at radius 3 is 2.66 bits per heavy atom. The third kappa shape index (κ3) is 4.94. The number of thioether (sulfide) groups is 1. The van der Waals surface area contributed by atoms with Gasteiger partial charge in [0, 0.05) is 22.7 Å². The lowest BCUT2D eigenvalue weighted by Crippen LogP contribution is -2.31. The van der Waals surface area contributed by atoms with Gasteiger partial charge in [-0.15, -0.1) is 5.10 Å². The molecule has 7 nitrogen and oxygen atoms in total. The number of nitrogens with zero attached hydrogens (tertiary/aromatic N) is 4. The summed E-state index contributed by atoms with van der Waals surface area (Å²) in [6.07, 6.45) is 3.29.